The molecular formula is C21H22N6O2. The predicted molar refractivity (Wildman–Crippen MR) is 107 cm³/mol. The fourth-order valence-electron chi connectivity index (χ4n) is 4.00. The molecule has 3 aromatic heterocycles. The Balaban J connectivity index is 1.65. The predicted octanol–water partition coefficient (Wildman–Crippen LogP) is 2.74. The van der Waals surface area contributed by atoms with E-state index in [4.69, 9.17) is 4.74 Å². The molecule has 0 spiro atoms. The molecule has 4 rings (SSSR count). The van der Waals surface area contributed by atoms with Gasteiger partial charge in [-0.2, -0.15) is 15.5 Å². The molecule has 0 atom stereocenters. The number of likely N-dealkylation sites (tertiary alicyclic amines) is 1. The second-order valence-electron chi connectivity index (χ2n) is 7.11. The first-order chi connectivity index (χ1) is 14.1. The summed E-state index contributed by atoms with van der Waals surface area (Å²) < 4.78 is 9.23. The Morgan fingerprint density at radius 2 is 2.10 bits per heavy atom. The van der Waals surface area contributed by atoms with E-state index in [0.29, 0.717) is 29.9 Å². The molecule has 1 fully saturated rings. The molecule has 8 nitrogen and oxygen atoms in total. The van der Waals surface area contributed by atoms with Crippen LogP contribution in [-0.2, 0) is 4.79 Å². The van der Waals surface area contributed by atoms with Gasteiger partial charge in [0, 0.05) is 36.1 Å². The normalized spacial score (nSPS) is 14.7. The smallest absolute Gasteiger partial charge is 0.245 e. The number of rotatable bonds is 4. The third kappa shape index (κ3) is 3.14. The second kappa shape index (κ2) is 7.43. The Labute approximate surface area is 168 Å². The van der Waals surface area contributed by atoms with Crippen LogP contribution in [0, 0.1) is 18.3 Å². The number of nitriles is 1. The van der Waals surface area contributed by atoms with Crippen LogP contribution in [0.5, 0.6) is 5.75 Å². The van der Waals surface area contributed by atoms with E-state index in [1.165, 1.54) is 12.3 Å². The fraction of sp³-hybridized carbons (Fsp3) is 0.333. The highest BCUT2D eigenvalue weighted by Gasteiger charge is 2.25. The third-order valence-electron chi connectivity index (χ3n) is 5.57. The highest BCUT2D eigenvalue weighted by Crippen LogP contribution is 2.33. The summed E-state index contributed by atoms with van der Waals surface area (Å²) in [6, 6.07) is 4.31. The first-order valence-electron chi connectivity index (χ1n) is 9.48. The Hall–Kier alpha value is -3.60. The number of amides is 1. The second-order valence-corrected chi connectivity index (χ2v) is 7.11. The van der Waals surface area contributed by atoms with E-state index >= 15 is 0 Å². The molecule has 0 N–H and O–H groups in total. The number of methoxy groups -OCH3 is 1. The summed E-state index contributed by atoms with van der Waals surface area (Å²) in [6.45, 7) is 7.01. The maximum absolute atomic E-state index is 11.8. The summed E-state index contributed by atoms with van der Waals surface area (Å²) in [6.07, 6.45) is 8.36. The lowest BCUT2D eigenvalue weighted by Gasteiger charge is -2.32. The molecule has 0 aliphatic carbocycles. The topological polar surface area (TPSA) is 88.5 Å². The number of carbonyl (C=O) groups is 1. The molecule has 8 heteroatoms. The van der Waals surface area contributed by atoms with Crippen LogP contribution in [0.4, 0.5) is 0 Å². The number of carbonyl (C=O) groups excluding carboxylic acids is 1. The van der Waals surface area contributed by atoms with Crippen molar-refractivity contribution in [1.82, 2.24) is 24.3 Å². The van der Waals surface area contributed by atoms with Gasteiger partial charge in [-0.05, 0) is 31.9 Å². The van der Waals surface area contributed by atoms with Gasteiger partial charge < -0.3 is 9.64 Å². The van der Waals surface area contributed by atoms with Crippen molar-refractivity contribution in [3.8, 4) is 22.9 Å². The molecule has 3 aromatic rings. The standard InChI is InChI=1S/C21H22N6O2/c1-4-20(28)25-7-5-17(6-8-25)27-14(2)18(12-24-27)15-9-19(29-3)21-16(10-22)11-23-26(21)13-15/h4,9,11-13,17H,1,5-8H2,2-3H3. The van der Waals surface area contributed by atoms with Crippen molar-refractivity contribution in [1.29, 1.82) is 5.26 Å². The Bertz CT molecular complexity index is 1130. The Morgan fingerprint density at radius 1 is 1.34 bits per heavy atom. The lowest BCUT2D eigenvalue weighted by Crippen LogP contribution is -2.38. The maximum atomic E-state index is 11.8. The number of hydrogen-bond donors (Lipinski definition) is 0. The van der Waals surface area contributed by atoms with E-state index in [-0.39, 0.29) is 11.9 Å². The third-order valence-corrected chi connectivity index (χ3v) is 5.57. The van der Waals surface area contributed by atoms with Crippen LogP contribution in [0.2, 0.25) is 0 Å². The molecule has 0 aromatic carbocycles. The van der Waals surface area contributed by atoms with Crippen molar-refractivity contribution in [2.24, 2.45) is 0 Å². The minimum atomic E-state index is -0.0160. The monoisotopic (exact) mass is 390 g/mol. The first kappa shape index (κ1) is 18.7. The average molecular weight is 390 g/mol. The molecule has 4 heterocycles. The van der Waals surface area contributed by atoms with Crippen LogP contribution in [0.3, 0.4) is 0 Å². The van der Waals surface area contributed by atoms with E-state index < -0.39 is 0 Å². The minimum Gasteiger partial charge on any atom is -0.494 e. The number of nitrogens with zero attached hydrogens (tertiary/aromatic N) is 6. The van der Waals surface area contributed by atoms with Crippen molar-refractivity contribution in [3.63, 3.8) is 0 Å². The van der Waals surface area contributed by atoms with Gasteiger partial charge in [0.15, 0.2) is 0 Å². The van der Waals surface area contributed by atoms with Gasteiger partial charge in [0.1, 0.15) is 22.9 Å². The zero-order valence-electron chi connectivity index (χ0n) is 16.5. The molecule has 29 heavy (non-hydrogen) atoms. The summed E-state index contributed by atoms with van der Waals surface area (Å²) >= 11 is 0. The molecule has 1 aliphatic rings. The van der Waals surface area contributed by atoms with Gasteiger partial charge in [-0.1, -0.05) is 6.58 Å². The molecule has 148 valence electrons. The highest BCUT2D eigenvalue weighted by molar-refractivity contribution is 5.87. The number of hydrogen-bond acceptors (Lipinski definition) is 5. The molecule has 0 saturated carbocycles. The van der Waals surface area contributed by atoms with E-state index in [0.717, 1.165) is 29.7 Å². The largest absolute Gasteiger partial charge is 0.494 e. The molecule has 0 unspecified atom stereocenters. The van der Waals surface area contributed by atoms with E-state index in [1.54, 1.807) is 11.6 Å². The van der Waals surface area contributed by atoms with Crippen LogP contribution < -0.4 is 4.74 Å². The van der Waals surface area contributed by atoms with Gasteiger partial charge in [0.25, 0.3) is 0 Å². The molecule has 1 saturated heterocycles. The quantitative estimate of drug-likeness (QED) is 0.639. The lowest BCUT2D eigenvalue weighted by molar-refractivity contribution is -0.127. The van der Waals surface area contributed by atoms with Crippen LogP contribution in [0.25, 0.3) is 16.6 Å². The van der Waals surface area contributed by atoms with E-state index in [1.807, 2.05) is 35.0 Å². The number of ether oxygens (including phenoxy) is 1. The number of pyridine rings is 1. The van der Waals surface area contributed by atoms with E-state index in [2.05, 4.69) is 22.8 Å². The molecule has 1 aliphatic heterocycles. The van der Waals surface area contributed by atoms with Crippen LogP contribution in [0.1, 0.15) is 30.1 Å². The SMILES string of the molecule is C=CC(=O)N1CCC(n2ncc(-c3cc(OC)c4c(C#N)cnn4c3)c2C)CC1. The summed E-state index contributed by atoms with van der Waals surface area (Å²) in [7, 11) is 1.59. The molecular weight excluding hydrogens is 368 g/mol. The summed E-state index contributed by atoms with van der Waals surface area (Å²) in [5, 5.41) is 18.2. The van der Waals surface area contributed by atoms with Gasteiger partial charge >= 0.3 is 0 Å². The van der Waals surface area contributed by atoms with Crippen LogP contribution in [0.15, 0.2) is 37.3 Å². The van der Waals surface area contributed by atoms with Crippen molar-refractivity contribution < 1.29 is 9.53 Å². The Morgan fingerprint density at radius 3 is 2.76 bits per heavy atom. The zero-order chi connectivity index (χ0) is 20.5. The molecule has 1 amide bonds. The van der Waals surface area contributed by atoms with Crippen molar-refractivity contribution >= 4 is 11.4 Å². The van der Waals surface area contributed by atoms with Crippen molar-refractivity contribution in [2.75, 3.05) is 20.2 Å². The van der Waals surface area contributed by atoms with Crippen molar-refractivity contribution in [2.45, 2.75) is 25.8 Å². The minimum absolute atomic E-state index is 0.0160. The number of aromatic nitrogens is 4. The summed E-state index contributed by atoms with van der Waals surface area (Å²) in [5.41, 5.74) is 4.09. The number of fused-ring (bicyclic) bond motifs is 1. The van der Waals surface area contributed by atoms with E-state index in [9.17, 15) is 10.1 Å². The maximum Gasteiger partial charge on any atom is 0.245 e. The summed E-state index contributed by atoms with van der Waals surface area (Å²) in [5.74, 6) is 0.581. The van der Waals surface area contributed by atoms with Crippen molar-refractivity contribution in [3.05, 3.63) is 48.6 Å². The van der Waals surface area contributed by atoms with Gasteiger partial charge in [-0.3, -0.25) is 9.48 Å². The molecule has 0 bridgehead atoms. The van der Waals surface area contributed by atoms with Gasteiger partial charge in [0.05, 0.1) is 25.5 Å². The van der Waals surface area contributed by atoms with Gasteiger partial charge in [-0.25, -0.2) is 4.52 Å². The molecule has 0 radical (unpaired) electrons. The highest BCUT2D eigenvalue weighted by atomic mass is 16.5. The van der Waals surface area contributed by atoms with Crippen LogP contribution >= 0.6 is 0 Å². The summed E-state index contributed by atoms with van der Waals surface area (Å²) in [4.78, 5) is 13.6. The first-order valence-corrected chi connectivity index (χ1v) is 9.48. The average Bonchev–Trinajstić information content (AvgIpc) is 3.35. The lowest BCUT2D eigenvalue weighted by atomic mass is 10.0. The fourth-order valence-corrected chi connectivity index (χ4v) is 4.00. The Kier molecular flexibility index (Phi) is 4.80. The van der Waals surface area contributed by atoms with Gasteiger partial charge in [0.2, 0.25) is 5.91 Å². The van der Waals surface area contributed by atoms with Crippen LogP contribution in [-0.4, -0.2) is 50.4 Å². The zero-order valence-corrected chi connectivity index (χ0v) is 16.5. The van der Waals surface area contributed by atoms with Gasteiger partial charge in [-0.15, -0.1) is 0 Å². The number of piperidine rings is 1.